The second kappa shape index (κ2) is 7.24. The molecule has 0 saturated carbocycles. The summed E-state index contributed by atoms with van der Waals surface area (Å²) in [5.74, 6) is 0.126. The number of nitrogens with one attached hydrogen (secondary N) is 1. The molecule has 0 aliphatic carbocycles. The first-order valence-corrected chi connectivity index (χ1v) is 8.41. The number of carbonyl (C=O) groups is 1. The molecule has 3 nitrogen and oxygen atoms in total. The summed E-state index contributed by atoms with van der Waals surface area (Å²) in [6, 6.07) is 15.7. The first-order chi connectivity index (χ1) is 11.1. The van der Waals surface area contributed by atoms with Crippen molar-refractivity contribution >= 4 is 34.8 Å². The first kappa shape index (κ1) is 16.2. The Morgan fingerprint density at radius 2 is 1.91 bits per heavy atom. The topological polar surface area (TPSA) is 32.3 Å². The molecule has 1 saturated heterocycles. The zero-order chi connectivity index (χ0) is 16.2. The average molecular weight is 349 g/mol. The van der Waals surface area contributed by atoms with Crippen LogP contribution in [0.1, 0.15) is 12.0 Å². The molecule has 1 amide bonds. The lowest BCUT2D eigenvalue weighted by Gasteiger charge is -2.18. The summed E-state index contributed by atoms with van der Waals surface area (Å²) in [6.07, 6.45) is 1.32. The number of hydrogen-bond donors (Lipinski definition) is 1. The Balaban J connectivity index is 1.56. The van der Waals surface area contributed by atoms with E-state index in [-0.39, 0.29) is 5.91 Å². The van der Waals surface area contributed by atoms with Crippen molar-refractivity contribution in [3.05, 3.63) is 64.1 Å². The molecule has 1 unspecified atom stereocenters. The van der Waals surface area contributed by atoms with Gasteiger partial charge >= 0.3 is 0 Å². The van der Waals surface area contributed by atoms with Gasteiger partial charge in [-0.2, -0.15) is 0 Å². The van der Waals surface area contributed by atoms with Crippen LogP contribution in [-0.4, -0.2) is 29.9 Å². The van der Waals surface area contributed by atoms with E-state index in [4.69, 9.17) is 23.2 Å². The van der Waals surface area contributed by atoms with E-state index < -0.39 is 0 Å². The van der Waals surface area contributed by atoms with Gasteiger partial charge in [0, 0.05) is 24.8 Å². The molecule has 3 rings (SSSR count). The first-order valence-electron chi connectivity index (χ1n) is 7.65. The Labute approximate surface area is 146 Å². The van der Waals surface area contributed by atoms with Crippen LogP contribution in [0.15, 0.2) is 48.5 Å². The highest BCUT2D eigenvalue weighted by molar-refractivity contribution is 6.42. The van der Waals surface area contributed by atoms with Crippen LogP contribution in [0.4, 0.5) is 5.69 Å². The van der Waals surface area contributed by atoms with Crippen molar-refractivity contribution < 1.29 is 4.79 Å². The largest absolute Gasteiger partial charge is 0.380 e. The standard InChI is InChI=1S/C18H18Cl2N2O/c19-16-7-6-13(10-17(16)20)11-18(23)22-9-8-15(12-22)21-14-4-2-1-3-5-14/h1-7,10,15,21H,8-9,11-12H2. The zero-order valence-corrected chi connectivity index (χ0v) is 14.1. The van der Waals surface area contributed by atoms with Crippen LogP contribution in [-0.2, 0) is 11.2 Å². The minimum Gasteiger partial charge on any atom is -0.380 e. The van der Waals surface area contributed by atoms with E-state index in [9.17, 15) is 4.79 Å². The van der Waals surface area contributed by atoms with Crippen molar-refractivity contribution in [1.82, 2.24) is 4.90 Å². The minimum atomic E-state index is 0.126. The van der Waals surface area contributed by atoms with Gasteiger partial charge in [0.05, 0.1) is 16.5 Å². The number of anilines is 1. The lowest BCUT2D eigenvalue weighted by atomic mass is 10.1. The SMILES string of the molecule is O=C(Cc1ccc(Cl)c(Cl)c1)N1CCC(Nc2ccccc2)C1. The van der Waals surface area contributed by atoms with Crippen molar-refractivity contribution in [2.24, 2.45) is 0 Å². The van der Waals surface area contributed by atoms with Crippen molar-refractivity contribution in [2.45, 2.75) is 18.9 Å². The van der Waals surface area contributed by atoms with Gasteiger partial charge in [-0.15, -0.1) is 0 Å². The maximum Gasteiger partial charge on any atom is 0.227 e. The normalized spacial score (nSPS) is 17.3. The fraction of sp³-hybridized carbons (Fsp3) is 0.278. The number of hydrogen-bond acceptors (Lipinski definition) is 2. The Morgan fingerprint density at radius 1 is 1.13 bits per heavy atom. The molecule has 0 bridgehead atoms. The summed E-state index contributed by atoms with van der Waals surface area (Å²) in [6.45, 7) is 1.51. The van der Waals surface area contributed by atoms with Crippen molar-refractivity contribution in [3.63, 3.8) is 0 Å². The number of para-hydroxylation sites is 1. The number of rotatable bonds is 4. The number of halogens is 2. The zero-order valence-electron chi connectivity index (χ0n) is 12.6. The maximum atomic E-state index is 12.4. The highest BCUT2D eigenvalue weighted by atomic mass is 35.5. The molecular formula is C18H18Cl2N2O. The Hall–Kier alpha value is -1.71. The van der Waals surface area contributed by atoms with Crippen LogP contribution in [0.5, 0.6) is 0 Å². The third kappa shape index (κ3) is 4.18. The second-order valence-electron chi connectivity index (χ2n) is 5.76. The molecule has 120 valence electrons. The molecule has 0 aromatic heterocycles. The van der Waals surface area contributed by atoms with Crippen LogP contribution in [0.3, 0.4) is 0 Å². The van der Waals surface area contributed by atoms with Crippen molar-refractivity contribution in [2.75, 3.05) is 18.4 Å². The van der Waals surface area contributed by atoms with Gasteiger partial charge in [0.1, 0.15) is 0 Å². The molecule has 1 N–H and O–H groups in total. The fourth-order valence-electron chi connectivity index (χ4n) is 2.81. The average Bonchev–Trinajstić information content (AvgIpc) is 3.00. The van der Waals surface area contributed by atoms with E-state index in [2.05, 4.69) is 5.32 Å². The lowest BCUT2D eigenvalue weighted by Crippen LogP contribution is -2.32. The predicted octanol–water partition coefficient (Wildman–Crippen LogP) is 4.25. The molecule has 2 aromatic rings. The van der Waals surface area contributed by atoms with E-state index >= 15 is 0 Å². The van der Waals surface area contributed by atoms with Crippen molar-refractivity contribution in [1.29, 1.82) is 0 Å². The molecular weight excluding hydrogens is 331 g/mol. The molecule has 1 heterocycles. The second-order valence-corrected chi connectivity index (χ2v) is 6.58. The van der Waals surface area contributed by atoms with Gasteiger partial charge in [-0.1, -0.05) is 47.5 Å². The van der Waals surface area contributed by atoms with E-state index in [1.54, 1.807) is 12.1 Å². The third-order valence-electron chi connectivity index (χ3n) is 4.02. The summed E-state index contributed by atoms with van der Waals surface area (Å²) in [7, 11) is 0. The molecule has 1 aliphatic rings. The summed E-state index contributed by atoms with van der Waals surface area (Å²) >= 11 is 11.9. The molecule has 0 radical (unpaired) electrons. The minimum absolute atomic E-state index is 0.126. The van der Waals surface area contributed by atoms with Gasteiger partial charge in [-0.05, 0) is 36.2 Å². The number of amides is 1. The Bertz CT molecular complexity index is 691. The molecule has 2 aromatic carbocycles. The van der Waals surface area contributed by atoms with Gasteiger partial charge in [0.25, 0.3) is 0 Å². The van der Waals surface area contributed by atoms with E-state index in [0.29, 0.717) is 22.5 Å². The molecule has 5 heteroatoms. The highest BCUT2D eigenvalue weighted by Crippen LogP contribution is 2.23. The van der Waals surface area contributed by atoms with Gasteiger partial charge in [-0.3, -0.25) is 4.79 Å². The fourth-order valence-corrected chi connectivity index (χ4v) is 3.13. The van der Waals surface area contributed by atoms with Crippen LogP contribution in [0.25, 0.3) is 0 Å². The summed E-state index contributed by atoms with van der Waals surface area (Å²) in [5, 5.41) is 4.47. The number of likely N-dealkylation sites (tertiary alicyclic amines) is 1. The molecule has 1 fully saturated rings. The molecule has 0 spiro atoms. The van der Waals surface area contributed by atoms with E-state index in [1.165, 1.54) is 0 Å². The van der Waals surface area contributed by atoms with Gasteiger partial charge in [0.2, 0.25) is 5.91 Å². The molecule has 1 aliphatic heterocycles. The quantitative estimate of drug-likeness (QED) is 0.895. The van der Waals surface area contributed by atoms with E-state index in [1.807, 2.05) is 41.3 Å². The summed E-state index contributed by atoms with van der Waals surface area (Å²) in [4.78, 5) is 14.3. The summed E-state index contributed by atoms with van der Waals surface area (Å²) < 4.78 is 0. The van der Waals surface area contributed by atoms with Crippen LogP contribution >= 0.6 is 23.2 Å². The number of nitrogens with zero attached hydrogens (tertiary/aromatic N) is 1. The van der Waals surface area contributed by atoms with Crippen LogP contribution in [0.2, 0.25) is 10.0 Å². The van der Waals surface area contributed by atoms with Crippen molar-refractivity contribution in [3.8, 4) is 0 Å². The van der Waals surface area contributed by atoms with Gasteiger partial charge in [0.15, 0.2) is 0 Å². The maximum absolute atomic E-state index is 12.4. The van der Waals surface area contributed by atoms with Gasteiger partial charge in [-0.25, -0.2) is 0 Å². The third-order valence-corrected chi connectivity index (χ3v) is 4.76. The molecule has 1 atom stereocenters. The Morgan fingerprint density at radius 3 is 2.65 bits per heavy atom. The predicted molar refractivity (Wildman–Crippen MR) is 95.2 cm³/mol. The van der Waals surface area contributed by atoms with E-state index in [0.717, 1.165) is 30.8 Å². The lowest BCUT2D eigenvalue weighted by molar-refractivity contribution is -0.129. The Kier molecular flexibility index (Phi) is 5.09. The smallest absolute Gasteiger partial charge is 0.227 e. The molecule has 23 heavy (non-hydrogen) atoms. The number of carbonyl (C=O) groups excluding carboxylic acids is 1. The van der Waals surface area contributed by atoms with Crippen LogP contribution < -0.4 is 5.32 Å². The number of benzene rings is 2. The van der Waals surface area contributed by atoms with Gasteiger partial charge < -0.3 is 10.2 Å². The summed E-state index contributed by atoms with van der Waals surface area (Å²) in [5.41, 5.74) is 1.99. The monoisotopic (exact) mass is 348 g/mol. The highest BCUT2D eigenvalue weighted by Gasteiger charge is 2.26. The van der Waals surface area contributed by atoms with Crippen LogP contribution in [0, 0.1) is 0 Å².